The van der Waals surface area contributed by atoms with Crippen LogP contribution in [0.3, 0.4) is 0 Å². The van der Waals surface area contributed by atoms with Gasteiger partial charge >= 0.3 is 0 Å². The van der Waals surface area contributed by atoms with Gasteiger partial charge in [0.05, 0.1) is 5.03 Å². The van der Waals surface area contributed by atoms with Crippen LogP contribution < -0.4 is 5.32 Å². The predicted octanol–water partition coefficient (Wildman–Crippen LogP) is 2.36. The van der Waals surface area contributed by atoms with Crippen LogP contribution in [0, 0.1) is 12.8 Å². The first-order chi connectivity index (χ1) is 8.69. The molecular weight excluding hydrogens is 244 g/mol. The van der Waals surface area contributed by atoms with Gasteiger partial charge in [0.15, 0.2) is 0 Å². The fourth-order valence-corrected chi connectivity index (χ4v) is 2.65. The van der Waals surface area contributed by atoms with E-state index in [1.165, 1.54) is 24.0 Å². The van der Waals surface area contributed by atoms with Crippen molar-refractivity contribution in [3.05, 3.63) is 23.4 Å². The van der Waals surface area contributed by atoms with E-state index in [1.807, 2.05) is 6.20 Å². The van der Waals surface area contributed by atoms with Crippen LogP contribution in [0.25, 0.3) is 0 Å². The fourth-order valence-electron chi connectivity index (χ4n) is 1.69. The molecule has 0 bridgehead atoms. The molecule has 2 N–H and O–H groups in total. The van der Waals surface area contributed by atoms with Crippen molar-refractivity contribution in [1.29, 1.82) is 0 Å². The summed E-state index contributed by atoms with van der Waals surface area (Å²) in [5.74, 6) is 1.25. The number of aliphatic hydroxyl groups excluding tert-OH is 1. The lowest BCUT2D eigenvalue weighted by atomic mass is 10.2. The van der Waals surface area contributed by atoms with Crippen molar-refractivity contribution < 1.29 is 5.11 Å². The summed E-state index contributed by atoms with van der Waals surface area (Å²) in [6, 6.07) is 2.96. The molecule has 1 atom stereocenters. The molecule has 1 aromatic rings. The molecule has 2 rings (SSSR count). The Hall–Kier alpha value is -0.580. The summed E-state index contributed by atoms with van der Waals surface area (Å²) in [6.45, 7) is 5.34. The van der Waals surface area contributed by atoms with Crippen LogP contribution >= 0.6 is 11.8 Å². The van der Waals surface area contributed by atoms with Crippen LogP contribution in [0.4, 0.5) is 0 Å². The molecule has 0 saturated heterocycles. The number of rotatable bonds is 7. The molecule has 0 radical (unpaired) electrons. The summed E-state index contributed by atoms with van der Waals surface area (Å²) < 4.78 is 0. The first-order valence-corrected chi connectivity index (χ1v) is 7.60. The van der Waals surface area contributed by atoms with E-state index in [2.05, 4.69) is 30.2 Å². The molecular formula is C14H22N2OS. The summed E-state index contributed by atoms with van der Waals surface area (Å²) in [6.07, 6.45) is 4.60. The molecule has 1 aliphatic carbocycles. The number of pyridine rings is 1. The van der Waals surface area contributed by atoms with Crippen LogP contribution in [0.2, 0.25) is 0 Å². The van der Waals surface area contributed by atoms with E-state index >= 15 is 0 Å². The van der Waals surface area contributed by atoms with E-state index in [0.29, 0.717) is 5.92 Å². The largest absolute Gasteiger partial charge is 0.396 e. The van der Waals surface area contributed by atoms with E-state index in [-0.39, 0.29) is 6.61 Å². The van der Waals surface area contributed by atoms with Gasteiger partial charge in [0.1, 0.15) is 0 Å². The zero-order valence-corrected chi connectivity index (χ0v) is 12.0. The maximum atomic E-state index is 9.01. The first kappa shape index (κ1) is 13.8. The van der Waals surface area contributed by atoms with Crippen LogP contribution in [0.1, 0.15) is 30.9 Å². The van der Waals surface area contributed by atoms with Crippen molar-refractivity contribution in [2.24, 2.45) is 5.92 Å². The summed E-state index contributed by atoms with van der Waals surface area (Å²) in [5, 5.41) is 13.6. The topological polar surface area (TPSA) is 45.2 Å². The lowest BCUT2D eigenvalue weighted by Crippen LogP contribution is -2.15. The van der Waals surface area contributed by atoms with Crippen molar-refractivity contribution in [2.45, 2.75) is 44.3 Å². The van der Waals surface area contributed by atoms with E-state index in [4.69, 9.17) is 5.11 Å². The fraction of sp³-hybridized carbons (Fsp3) is 0.643. The van der Waals surface area contributed by atoms with Crippen LogP contribution in [-0.4, -0.2) is 28.5 Å². The molecule has 1 unspecified atom stereocenters. The van der Waals surface area contributed by atoms with Crippen molar-refractivity contribution >= 4 is 11.8 Å². The van der Waals surface area contributed by atoms with E-state index in [1.54, 1.807) is 11.8 Å². The van der Waals surface area contributed by atoms with Gasteiger partial charge in [0.2, 0.25) is 0 Å². The summed E-state index contributed by atoms with van der Waals surface area (Å²) in [7, 11) is 0. The molecule has 0 aliphatic heterocycles. The molecule has 18 heavy (non-hydrogen) atoms. The molecule has 0 amide bonds. The number of aromatic nitrogens is 1. The number of aliphatic hydroxyl groups is 1. The van der Waals surface area contributed by atoms with Crippen LogP contribution in [0.5, 0.6) is 0 Å². The molecule has 1 saturated carbocycles. The van der Waals surface area contributed by atoms with E-state index in [0.717, 1.165) is 23.4 Å². The SMILES string of the molecule is Cc1cc(CNC2CC2)cnc1SCC(C)CO. The molecule has 0 spiro atoms. The second-order valence-corrected chi connectivity index (χ2v) is 6.23. The highest BCUT2D eigenvalue weighted by atomic mass is 32.2. The summed E-state index contributed by atoms with van der Waals surface area (Å²) >= 11 is 1.73. The summed E-state index contributed by atoms with van der Waals surface area (Å²) in [5.41, 5.74) is 2.50. The highest BCUT2D eigenvalue weighted by molar-refractivity contribution is 7.99. The molecule has 3 nitrogen and oxygen atoms in total. The monoisotopic (exact) mass is 266 g/mol. The lowest BCUT2D eigenvalue weighted by Gasteiger charge is -2.10. The van der Waals surface area contributed by atoms with Gasteiger partial charge in [-0.05, 0) is 36.8 Å². The Morgan fingerprint density at radius 1 is 1.56 bits per heavy atom. The average molecular weight is 266 g/mol. The standard InChI is InChI=1S/C14H22N2OS/c1-10(8-17)9-18-14-11(2)5-12(7-16-14)6-15-13-3-4-13/h5,7,10,13,15,17H,3-4,6,8-9H2,1-2H3. The van der Waals surface area contributed by atoms with Crippen molar-refractivity contribution in [1.82, 2.24) is 10.3 Å². The van der Waals surface area contributed by atoms with E-state index in [9.17, 15) is 0 Å². The molecule has 4 heteroatoms. The van der Waals surface area contributed by atoms with Crippen molar-refractivity contribution in [2.75, 3.05) is 12.4 Å². The second-order valence-electron chi connectivity index (χ2n) is 5.22. The Morgan fingerprint density at radius 3 is 2.94 bits per heavy atom. The Bertz CT molecular complexity index is 393. The lowest BCUT2D eigenvalue weighted by molar-refractivity contribution is 0.250. The van der Waals surface area contributed by atoms with Gasteiger partial charge in [-0.1, -0.05) is 13.0 Å². The number of hydrogen-bond acceptors (Lipinski definition) is 4. The maximum Gasteiger partial charge on any atom is 0.0989 e. The predicted molar refractivity (Wildman–Crippen MR) is 75.8 cm³/mol. The average Bonchev–Trinajstić information content (AvgIpc) is 3.18. The third kappa shape index (κ3) is 4.26. The number of aryl methyl sites for hydroxylation is 1. The minimum atomic E-state index is 0.245. The van der Waals surface area contributed by atoms with Crippen molar-refractivity contribution in [3.8, 4) is 0 Å². The molecule has 1 fully saturated rings. The van der Waals surface area contributed by atoms with Gasteiger partial charge in [-0.15, -0.1) is 11.8 Å². The minimum absolute atomic E-state index is 0.245. The quantitative estimate of drug-likeness (QED) is 0.744. The molecule has 1 heterocycles. The van der Waals surface area contributed by atoms with Gasteiger partial charge < -0.3 is 10.4 Å². The summed E-state index contributed by atoms with van der Waals surface area (Å²) in [4.78, 5) is 4.52. The maximum absolute atomic E-state index is 9.01. The molecule has 100 valence electrons. The van der Waals surface area contributed by atoms with Crippen LogP contribution in [-0.2, 0) is 6.54 Å². The normalized spacial score (nSPS) is 16.8. The Kier molecular flexibility index (Phi) is 5.03. The zero-order chi connectivity index (χ0) is 13.0. The van der Waals surface area contributed by atoms with Gasteiger partial charge in [-0.2, -0.15) is 0 Å². The molecule has 0 aromatic carbocycles. The first-order valence-electron chi connectivity index (χ1n) is 6.61. The van der Waals surface area contributed by atoms with Gasteiger partial charge in [-0.3, -0.25) is 0 Å². The third-order valence-corrected chi connectivity index (χ3v) is 4.51. The number of hydrogen-bond donors (Lipinski definition) is 2. The van der Waals surface area contributed by atoms with E-state index < -0.39 is 0 Å². The van der Waals surface area contributed by atoms with Gasteiger partial charge in [0, 0.05) is 31.1 Å². The number of nitrogens with zero attached hydrogens (tertiary/aromatic N) is 1. The third-order valence-electron chi connectivity index (χ3n) is 3.08. The second kappa shape index (κ2) is 6.55. The molecule has 1 aromatic heterocycles. The highest BCUT2D eigenvalue weighted by Crippen LogP contribution is 2.23. The Balaban J connectivity index is 1.87. The van der Waals surface area contributed by atoms with Gasteiger partial charge in [0.25, 0.3) is 0 Å². The zero-order valence-electron chi connectivity index (χ0n) is 11.1. The number of nitrogens with one attached hydrogen (secondary N) is 1. The van der Waals surface area contributed by atoms with Crippen LogP contribution in [0.15, 0.2) is 17.3 Å². The molecule has 1 aliphatic rings. The smallest absolute Gasteiger partial charge is 0.0989 e. The minimum Gasteiger partial charge on any atom is -0.396 e. The highest BCUT2D eigenvalue weighted by Gasteiger charge is 2.20. The number of thioether (sulfide) groups is 1. The Labute approximate surface area is 113 Å². The van der Waals surface area contributed by atoms with Gasteiger partial charge in [-0.25, -0.2) is 4.98 Å². The Morgan fingerprint density at radius 2 is 2.33 bits per heavy atom. The van der Waals surface area contributed by atoms with Crippen molar-refractivity contribution in [3.63, 3.8) is 0 Å².